The topological polar surface area (TPSA) is 54.3 Å². The van der Waals surface area contributed by atoms with Gasteiger partial charge in [0.1, 0.15) is 11.5 Å². The van der Waals surface area contributed by atoms with Crippen molar-refractivity contribution in [3.63, 3.8) is 0 Å². The van der Waals surface area contributed by atoms with Gasteiger partial charge in [-0.15, -0.1) is 0 Å². The Balaban J connectivity index is 2.10. The maximum atomic E-state index is 11.9. The fraction of sp³-hybridized carbons (Fsp3) is 0.357. The van der Waals surface area contributed by atoms with Crippen LogP contribution in [0.2, 0.25) is 0 Å². The molecule has 1 N–H and O–H groups in total. The highest BCUT2D eigenvalue weighted by molar-refractivity contribution is 5.78. The van der Waals surface area contributed by atoms with Crippen molar-refractivity contribution in [3.8, 4) is 0 Å². The van der Waals surface area contributed by atoms with Crippen LogP contribution in [0.15, 0.2) is 28.8 Å². The van der Waals surface area contributed by atoms with E-state index in [-0.39, 0.29) is 5.43 Å². The van der Waals surface area contributed by atoms with Crippen LogP contribution < -0.4 is 10.7 Å². The standard InChI is InChI=1S/C14H15N3O2/c1-16-6-4-11(8-16)17-7-5-13(19)12-3-2-10(9-18)15-14(12)17/h2-3,5,7,11,15H,4,6,8H2,1H3. The van der Waals surface area contributed by atoms with Crippen molar-refractivity contribution >= 4 is 17.8 Å². The summed E-state index contributed by atoms with van der Waals surface area (Å²) in [4.78, 5) is 24.9. The quantitative estimate of drug-likeness (QED) is 0.759. The van der Waals surface area contributed by atoms with Gasteiger partial charge in [0.25, 0.3) is 0 Å². The minimum atomic E-state index is -0.0358. The second-order valence-corrected chi connectivity index (χ2v) is 5.03. The van der Waals surface area contributed by atoms with Crippen LogP contribution in [0.25, 0.3) is 6.08 Å². The molecule has 3 heterocycles. The van der Waals surface area contributed by atoms with Gasteiger partial charge in [-0.1, -0.05) is 0 Å². The molecule has 0 amide bonds. The van der Waals surface area contributed by atoms with Crippen LogP contribution in [-0.2, 0) is 4.79 Å². The number of hydrogen-bond acceptors (Lipinski definition) is 4. The summed E-state index contributed by atoms with van der Waals surface area (Å²) in [6, 6.07) is 1.91. The van der Waals surface area contributed by atoms with E-state index < -0.39 is 0 Å². The molecule has 1 unspecified atom stereocenters. The normalized spacial score (nSPS) is 21.9. The van der Waals surface area contributed by atoms with Crippen LogP contribution in [0.5, 0.6) is 0 Å². The van der Waals surface area contributed by atoms with E-state index in [1.165, 1.54) is 0 Å². The average Bonchev–Trinajstić information content (AvgIpc) is 2.85. The van der Waals surface area contributed by atoms with Crippen LogP contribution in [0, 0.1) is 0 Å². The summed E-state index contributed by atoms with van der Waals surface area (Å²) in [5.41, 5.74) is 0.931. The summed E-state index contributed by atoms with van der Waals surface area (Å²) in [6.07, 6.45) is 6.11. The third-order valence-electron chi connectivity index (χ3n) is 3.70. The molecule has 1 aromatic rings. The number of nitrogens with zero attached hydrogens (tertiary/aromatic N) is 2. The van der Waals surface area contributed by atoms with Gasteiger partial charge in [0.05, 0.1) is 5.56 Å². The Kier molecular flexibility index (Phi) is 2.85. The van der Waals surface area contributed by atoms with Crippen molar-refractivity contribution in [2.24, 2.45) is 0 Å². The lowest BCUT2D eigenvalue weighted by molar-refractivity contribution is 0.393. The summed E-state index contributed by atoms with van der Waals surface area (Å²) >= 11 is 0. The first-order valence-corrected chi connectivity index (χ1v) is 6.33. The van der Waals surface area contributed by atoms with Crippen LogP contribution >= 0.6 is 0 Å². The highest BCUT2D eigenvalue weighted by atomic mass is 16.1. The number of allylic oxidation sites excluding steroid dienone is 1. The highest BCUT2D eigenvalue weighted by Gasteiger charge is 2.24. The van der Waals surface area contributed by atoms with Gasteiger partial charge in [-0.2, -0.15) is 0 Å². The van der Waals surface area contributed by atoms with Crippen LogP contribution in [0.1, 0.15) is 18.0 Å². The summed E-state index contributed by atoms with van der Waals surface area (Å²) in [5.74, 6) is 2.54. The Morgan fingerprint density at radius 2 is 2.26 bits per heavy atom. The Morgan fingerprint density at radius 1 is 1.42 bits per heavy atom. The molecule has 0 saturated carbocycles. The Hall–Kier alpha value is -2.10. The van der Waals surface area contributed by atoms with E-state index in [9.17, 15) is 9.59 Å². The Bertz CT molecular complexity index is 653. The minimum absolute atomic E-state index is 0.0358. The molecular formula is C14H15N3O2. The molecule has 0 radical (unpaired) electrons. The average molecular weight is 257 g/mol. The number of rotatable bonds is 1. The van der Waals surface area contributed by atoms with E-state index in [1.54, 1.807) is 24.4 Å². The SMILES string of the molecule is CN1CCC(n2ccc(=O)c3c2NC(=C=O)C=C3)C1. The number of aromatic nitrogens is 1. The van der Waals surface area contributed by atoms with Crippen molar-refractivity contribution < 1.29 is 4.79 Å². The number of likely N-dealkylation sites (N-methyl/N-ethyl adjacent to an activating group) is 1. The van der Waals surface area contributed by atoms with E-state index in [1.807, 2.05) is 5.94 Å². The van der Waals surface area contributed by atoms with Crippen LogP contribution in [-0.4, -0.2) is 35.5 Å². The van der Waals surface area contributed by atoms with Crippen molar-refractivity contribution in [3.05, 3.63) is 39.8 Å². The molecule has 0 bridgehead atoms. The predicted octanol–water partition coefficient (Wildman–Crippen LogP) is 0.879. The molecule has 1 fully saturated rings. The third kappa shape index (κ3) is 2.03. The van der Waals surface area contributed by atoms with Crippen LogP contribution in [0.3, 0.4) is 0 Å². The van der Waals surface area contributed by atoms with E-state index in [0.717, 1.165) is 19.5 Å². The van der Waals surface area contributed by atoms with Crippen molar-refractivity contribution in [1.29, 1.82) is 0 Å². The zero-order valence-corrected chi connectivity index (χ0v) is 10.7. The zero-order valence-electron chi connectivity index (χ0n) is 10.7. The molecule has 2 aliphatic rings. The third-order valence-corrected chi connectivity index (χ3v) is 3.70. The van der Waals surface area contributed by atoms with Crippen LogP contribution in [0.4, 0.5) is 5.82 Å². The molecule has 19 heavy (non-hydrogen) atoms. The lowest BCUT2D eigenvalue weighted by Crippen LogP contribution is -2.23. The largest absolute Gasteiger partial charge is 0.332 e. The smallest absolute Gasteiger partial charge is 0.190 e. The van der Waals surface area contributed by atoms with Gasteiger partial charge in [0.2, 0.25) is 0 Å². The Labute approximate surface area is 110 Å². The summed E-state index contributed by atoms with van der Waals surface area (Å²) in [5, 5.41) is 3.00. The molecule has 1 atom stereocenters. The molecule has 3 rings (SSSR count). The first-order valence-electron chi connectivity index (χ1n) is 6.33. The first-order chi connectivity index (χ1) is 9.19. The summed E-state index contributed by atoms with van der Waals surface area (Å²) in [7, 11) is 2.08. The minimum Gasteiger partial charge on any atom is -0.332 e. The lowest BCUT2D eigenvalue weighted by atomic mass is 10.1. The van der Waals surface area contributed by atoms with Crippen molar-refractivity contribution in [2.75, 3.05) is 25.5 Å². The van der Waals surface area contributed by atoms with Gasteiger partial charge < -0.3 is 14.8 Å². The van der Waals surface area contributed by atoms with Crippen molar-refractivity contribution in [1.82, 2.24) is 9.47 Å². The predicted molar refractivity (Wildman–Crippen MR) is 73.7 cm³/mol. The van der Waals surface area contributed by atoms with E-state index in [4.69, 9.17) is 0 Å². The summed E-state index contributed by atoms with van der Waals surface area (Å²) in [6.45, 7) is 1.98. The molecule has 0 aliphatic carbocycles. The van der Waals surface area contributed by atoms with Gasteiger partial charge in [0.15, 0.2) is 11.4 Å². The van der Waals surface area contributed by atoms with E-state index in [0.29, 0.717) is 23.1 Å². The lowest BCUT2D eigenvalue weighted by Gasteiger charge is -2.23. The second-order valence-electron chi connectivity index (χ2n) is 5.03. The summed E-state index contributed by atoms with van der Waals surface area (Å²) < 4.78 is 2.06. The number of fused-ring (bicyclic) bond motifs is 1. The number of pyridine rings is 1. The van der Waals surface area contributed by atoms with Gasteiger partial charge in [0, 0.05) is 24.8 Å². The van der Waals surface area contributed by atoms with E-state index in [2.05, 4.69) is 21.8 Å². The van der Waals surface area contributed by atoms with Gasteiger partial charge in [-0.3, -0.25) is 4.79 Å². The molecule has 0 aromatic carbocycles. The molecule has 0 spiro atoms. The first kappa shape index (κ1) is 12.0. The van der Waals surface area contributed by atoms with Gasteiger partial charge in [-0.05, 0) is 32.2 Å². The molecular weight excluding hydrogens is 242 g/mol. The Morgan fingerprint density at radius 3 is 2.95 bits per heavy atom. The monoisotopic (exact) mass is 257 g/mol. The maximum Gasteiger partial charge on any atom is 0.190 e. The molecule has 1 aromatic heterocycles. The maximum absolute atomic E-state index is 11.9. The molecule has 5 heteroatoms. The number of hydrogen-bond donors (Lipinski definition) is 1. The van der Waals surface area contributed by atoms with Crippen molar-refractivity contribution in [2.45, 2.75) is 12.5 Å². The van der Waals surface area contributed by atoms with E-state index >= 15 is 0 Å². The zero-order chi connectivity index (χ0) is 13.4. The van der Waals surface area contributed by atoms with Gasteiger partial charge >= 0.3 is 0 Å². The molecule has 5 nitrogen and oxygen atoms in total. The fourth-order valence-corrected chi connectivity index (χ4v) is 2.70. The number of likely N-dealkylation sites (tertiary alicyclic amines) is 1. The molecule has 1 saturated heterocycles. The second kappa shape index (κ2) is 4.53. The number of carbonyl (C=O) groups excluding carboxylic acids is 1. The molecule has 98 valence electrons. The van der Waals surface area contributed by atoms with Gasteiger partial charge in [-0.25, -0.2) is 4.79 Å². The number of nitrogens with one attached hydrogen (secondary N) is 1. The molecule has 2 aliphatic heterocycles. The fourth-order valence-electron chi connectivity index (χ4n) is 2.70. The number of anilines is 1. The highest BCUT2D eigenvalue weighted by Crippen LogP contribution is 2.28.